The molecular formula is C52H92O12S2Si2. The molecule has 0 saturated carbocycles. The molecular weight excluding hydrogens is 937 g/mol. The van der Waals surface area contributed by atoms with Gasteiger partial charge in [-0.15, -0.1) is 0 Å². The van der Waals surface area contributed by atoms with Crippen LogP contribution < -0.4 is 0 Å². The van der Waals surface area contributed by atoms with E-state index < -0.39 is 66.9 Å². The predicted octanol–water partition coefficient (Wildman–Crippen LogP) is 11.4. The molecule has 392 valence electrons. The normalized spacial score (nSPS) is 25.5. The third-order valence-electron chi connectivity index (χ3n) is 15.2. The first-order valence-corrected chi connectivity index (χ1v) is 34.5. The third-order valence-corrected chi connectivity index (χ3v) is 26.7. The van der Waals surface area contributed by atoms with Crippen molar-refractivity contribution < 1.29 is 53.6 Å². The molecule has 1 unspecified atom stereocenters. The van der Waals surface area contributed by atoms with Crippen molar-refractivity contribution in [2.24, 2.45) is 11.3 Å². The molecule has 0 aromatic heterocycles. The average molecular weight is 1030 g/mol. The van der Waals surface area contributed by atoms with Crippen LogP contribution in [0, 0.1) is 11.3 Å². The molecule has 3 aliphatic heterocycles. The van der Waals surface area contributed by atoms with Gasteiger partial charge in [0.05, 0.1) is 79.5 Å². The molecule has 0 amide bonds. The van der Waals surface area contributed by atoms with Gasteiger partial charge < -0.3 is 32.5 Å². The van der Waals surface area contributed by atoms with E-state index in [4.69, 9.17) is 36.7 Å². The van der Waals surface area contributed by atoms with Gasteiger partial charge in [0, 0.05) is 31.3 Å². The molecule has 8 atom stereocenters. The lowest BCUT2D eigenvalue weighted by Crippen LogP contribution is -2.49. The Labute approximate surface area is 415 Å². The van der Waals surface area contributed by atoms with Crippen LogP contribution in [0.2, 0.25) is 36.3 Å². The molecule has 0 radical (unpaired) electrons. The van der Waals surface area contributed by atoms with Gasteiger partial charge in [0.25, 0.3) is 10.1 Å². The number of rotatable bonds is 26. The van der Waals surface area contributed by atoms with Gasteiger partial charge >= 0.3 is 0 Å². The zero-order valence-electron chi connectivity index (χ0n) is 44.7. The fourth-order valence-electron chi connectivity index (χ4n) is 8.81. The number of benzene rings is 1. The van der Waals surface area contributed by atoms with Crippen LogP contribution in [0.15, 0.2) is 53.5 Å². The fourth-order valence-corrected chi connectivity index (χ4v) is 13.5. The van der Waals surface area contributed by atoms with Crippen molar-refractivity contribution >= 4 is 36.6 Å². The van der Waals surface area contributed by atoms with E-state index in [1.807, 2.05) is 19.1 Å². The van der Waals surface area contributed by atoms with E-state index in [1.54, 1.807) is 19.2 Å². The Hall–Kier alpha value is -1.29. The summed E-state index contributed by atoms with van der Waals surface area (Å²) in [6.07, 6.45) is 5.06. The summed E-state index contributed by atoms with van der Waals surface area (Å²) in [7, 11) is -10.2. The van der Waals surface area contributed by atoms with Crippen molar-refractivity contribution in [1.29, 1.82) is 0 Å². The summed E-state index contributed by atoms with van der Waals surface area (Å²) in [6, 6.07) is 7.15. The Morgan fingerprint density at radius 3 is 2.01 bits per heavy atom. The topological polar surface area (TPSA) is 142 Å². The summed E-state index contributed by atoms with van der Waals surface area (Å²) in [5, 5.41) is -0.0353. The van der Waals surface area contributed by atoms with Crippen LogP contribution in [0.1, 0.15) is 132 Å². The van der Waals surface area contributed by atoms with Crippen LogP contribution in [-0.4, -0.2) is 121 Å². The molecule has 0 aliphatic carbocycles. The van der Waals surface area contributed by atoms with Crippen LogP contribution >= 0.6 is 0 Å². The van der Waals surface area contributed by atoms with Crippen molar-refractivity contribution in [2.75, 3.05) is 38.9 Å². The molecule has 68 heavy (non-hydrogen) atoms. The molecule has 3 aliphatic rings. The SMILES string of the molecule is C=C(CC[C@@H](CC[C@@H]1O[C@@H](CCC2OCC(C)(C)CO2)CC1=C)OS(C)(=O)=O)CC[C@@H]1O[C@H](C[C@@H](CO[Si](C)(C)C(C)(C)C)O[Si](C)(C)C(C)(C)C)C(OC)[C@H]1CS(=O)(=O)c1ccc(CC)cc1. The van der Waals surface area contributed by atoms with Gasteiger partial charge in [0.15, 0.2) is 32.8 Å². The maximum Gasteiger partial charge on any atom is 0.264 e. The lowest BCUT2D eigenvalue weighted by molar-refractivity contribution is -0.225. The standard InChI is InChI=1S/C52H92O12S2Si2/c1-18-39-21-26-43(27-22-39)66(55,56)34-44-46(62-47(49(44)57-12)32-42(64-68(16,17)51(7,8)9)33-60-67(14,15)50(4,5)6)28-20-37(2)19-23-40(63-65(13,53)54)24-29-45-38(3)31-41(61-45)25-30-48-58-35-52(10,11)36-59-48/h21-22,26-27,40-42,44-49H,2-3,18-20,23-25,28-36H2,1,4-17H3/t40-,41-,42-,44-,45-,46-,47+,49?/m0/s1. The van der Waals surface area contributed by atoms with E-state index in [2.05, 4.69) is 94.7 Å². The lowest BCUT2D eigenvalue weighted by atomic mass is 9.91. The first kappa shape index (κ1) is 59.3. The molecule has 0 bridgehead atoms. The van der Waals surface area contributed by atoms with Crippen LogP contribution in [0.3, 0.4) is 0 Å². The number of ether oxygens (including phenoxy) is 5. The quantitative estimate of drug-likeness (QED) is 0.0495. The number of allylic oxidation sites excluding steroid dienone is 1. The summed E-state index contributed by atoms with van der Waals surface area (Å²) in [5.41, 5.74) is 2.99. The van der Waals surface area contributed by atoms with E-state index in [1.165, 1.54) is 0 Å². The second kappa shape index (κ2) is 24.2. The Bertz CT molecular complexity index is 2000. The second-order valence-corrected chi connectivity index (χ2v) is 37.1. The van der Waals surface area contributed by atoms with Crippen molar-refractivity contribution in [2.45, 2.75) is 223 Å². The highest BCUT2D eigenvalue weighted by molar-refractivity contribution is 7.91. The van der Waals surface area contributed by atoms with Crippen molar-refractivity contribution in [3.05, 3.63) is 54.1 Å². The van der Waals surface area contributed by atoms with Crippen LogP contribution in [0.4, 0.5) is 0 Å². The smallest absolute Gasteiger partial charge is 0.264 e. The maximum absolute atomic E-state index is 14.2. The number of sulfone groups is 1. The van der Waals surface area contributed by atoms with Gasteiger partial charge in [-0.2, -0.15) is 8.42 Å². The van der Waals surface area contributed by atoms with E-state index in [9.17, 15) is 16.8 Å². The summed E-state index contributed by atoms with van der Waals surface area (Å²) >= 11 is 0. The summed E-state index contributed by atoms with van der Waals surface area (Å²) in [6.45, 7) is 39.1. The molecule has 16 heteroatoms. The van der Waals surface area contributed by atoms with Gasteiger partial charge in [-0.05, 0) is 117 Å². The van der Waals surface area contributed by atoms with Crippen molar-refractivity contribution in [3.8, 4) is 0 Å². The monoisotopic (exact) mass is 1030 g/mol. The minimum absolute atomic E-state index is 0.00503. The highest BCUT2D eigenvalue weighted by atomic mass is 32.2. The zero-order valence-corrected chi connectivity index (χ0v) is 48.4. The Balaban J connectivity index is 1.47. The molecule has 1 aromatic carbocycles. The Morgan fingerprint density at radius 2 is 1.46 bits per heavy atom. The third kappa shape index (κ3) is 17.7. The molecule has 3 heterocycles. The highest BCUT2D eigenvalue weighted by Gasteiger charge is 2.49. The van der Waals surface area contributed by atoms with E-state index in [-0.39, 0.29) is 50.7 Å². The van der Waals surface area contributed by atoms with Crippen LogP contribution in [-0.2, 0) is 63.1 Å². The largest absolute Gasteiger partial charge is 0.414 e. The number of methoxy groups -OCH3 is 1. The molecule has 4 rings (SSSR count). The van der Waals surface area contributed by atoms with E-state index >= 15 is 0 Å². The number of aryl methyl sites for hydroxylation is 1. The molecule has 12 nitrogen and oxygen atoms in total. The van der Waals surface area contributed by atoms with Gasteiger partial charge in [0.1, 0.15) is 0 Å². The summed E-state index contributed by atoms with van der Waals surface area (Å²) < 4.78 is 104. The van der Waals surface area contributed by atoms with Gasteiger partial charge in [-0.1, -0.05) is 93.2 Å². The lowest BCUT2D eigenvalue weighted by Gasteiger charge is -2.42. The molecule has 1 aromatic rings. The zero-order chi connectivity index (χ0) is 51.1. The van der Waals surface area contributed by atoms with Crippen molar-refractivity contribution in [3.63, 3.8) is 0 Å². The molecule has 0 N–H and O–H groups in total. The first-order chi connectivity index (χ1) is 31.2. The fraction of sp³-hybridized carbons (Fsp3) is 0.808. The Kier molecular flexibility index (Phi) is 21.1. The summed E-state index contributed by atoms with van der Waals surface area (Å²) in [4.78, 5) is 0.282. The molecule has 3 fully saturated rings. The maximum atomic E-state index is 14.2. The van der Waals surface area contributed by atoms with Crippen LogP contribution in [0.5, 0.6) is 0 Å². The number of hydrogen-bond donors (Lipinski definition) is 0. The Morgan fingerprint density at radius 1 is 0.838 bits per heavy atom. The van der Waals surface area contributed by atoms with Gasteiger partial charge in [-0.25, -0.2) is 8.42 Å². The average Bonchev–Trinajstić information content (AvgIpc) is 3.74. The molecule has 3 saturated heterocycles. The minimum Gasteiger partial charge on any atom is -0.414 e. The molecule has 0 spiro atoms. The van der Waals surface area contributed by atoms with E-state index in [0.717, 1.165) is 48.6 Å². The van der Waals surface area contributed by atoms with E-state index in [0.29, 0.717) is 64.8 Å². The van der Waals surface area contributed by atoms with Gasteiger partial charge in [0.2, 0.25) is 0 Å². The first-order valence-electron chi connectivity index (χ1n) is 25.2. The highest BCUT2D eigenvalue weighted by Crippen LogP contribution is 2.42. The van der Waals surface area contributed by atoms with Crippen LogP contribution in [0.25, 0.3) is 0 Å². The number of hydrogen-bond acceptors (Lipinski definition) is 12. The minimum atomic E-state index is -3.74. The summed E-state index contributed by atoms with van der Waals surface area (Å²) in [5.74, 6) is -0.609. The van der Waals surface area contributed by atoms with Gasteiger partial charge in [-0.3, -0.25) is 4.18 Å². The van der Waals surface area contributed by atoms with Crippen molar-refractivity contribution in [1.82, 2.24) is 0 Å². The predicted molar refractivity (Wildman–Crippen MR) is 278 cm³/mol. The second-order valence-electron chi connectivity index (χ2n) is 23.9.